The fraction of sp³-hybridized carbons (Fsp3) is 0.389. The topological polar surface area (TPSA) is 75.3 Å². The van der Waals surface area contributed by atoms with E-state index in [-0.39, 0.29) is 23.1 Å². The molecule has 1 heterocycles. The summed E-state index contributed by atoms with van der Waals surface area (Å²) in [5.74, 6) is 0.0170. The second-order valence-corrected chi connectivity index (χ2v) is 9.86. The number of nitrogens with one attached hydrogen (secondary N) is 2. The lowest BCUT2D eigenvalue weighted by Gasteiger charge is -2.27. The van der Waals surface area contributed by atoms with Gasteiger partial charge < -0.3 is 10.6 Å². The summed E-state index contributed by atoms with van der Waals surface area (Å²) in [6.07, 6.45) is 1.28. The second kappa shape index (κ2) is 7.33. The molecule has 3 rings (SSSR count). The fourth-order valence-electron chi connectivity index (χ4n) is 3.10. The summed E-state index contributed by atoms with van der Waals surface area (Å²) in [4.78, 5) is 12.1. The van der Waals surface area contributed by atoms with Crippen molar-refractivity contribution < 1.29 is 13.2 Å². The molecule has 0 spiro atoms. The Labute approximate surface area is 156 Å². The van der Waals surface area contributed by atoms with E-state index in [1.165, 1.54) is 0 Å². The number of hydrogen-bond acceptors (Lipinski definition) is 3. The average Bonchev–Trinajstić information content (AvgIpc) is 2.56. The molecule has 2 aromatic rings. The van der Waals surface area contributed by atoms with Gasteiger partial charge in [-0.3, -0.25) is 0 Å². The van der Waals surface area contributed by atoms with Crippen LogP contribution in [0.1, 0.15) is 25.3 Å². The highest BCUT2D eigenvalue weighted by atomic mass is 79.9. The summed E-state index contributed by atoms with van der Waals surface area (Å²) < 4.78 is 24.9. The first-order valence-electron chi connectivity index (χ1n) is 8.28. The van der Waals surface area contributed by atoms with Gasteiger partial charge in [-0.05, 0) is 48.2 Å². The van der Waals surface area contributed by atoms with E-state index in [1.807, 2.05) is 36.4 Å². The van der Waals surface area contributed by atoms with Crippen molar-refractivity contribution in [3.05, 3.63) is 46.4 Å². The van der Waals surface area contributed by atoms with Crippen molar-refractivity contribution in [1.29, 1.82) is 0 Å². The predicted octanol–water partition coefficient (Wildman–Crippen LogP) is 3.37. The second-order valence-electron chi connectivity index (χ2n) is 6.54. The van der Waals surface area contributed by atoms with Gasteiger partial charge in [0.2, 0.25) is 0 Å². The Hall–Kier alpha value is -1.60. The van der Waals surface area contributed by atoms with Gasteiger partial charge in [-0.1, -0.05) is 40.2 Å². The molecule has 25 heavy (non-hydrogen) atoms. The van der Waals surface area contributed by atoms with E-state index in [1.54, 1.807) is 6.92 Å². The van der Waals surface area contributed by atoms with Gasteiger partial charge in [0, 0.05) is 17.1 Å². The van der Waals surface area contributed by atoms with Gasteiger partial charge in [0.1, 0.15) is 0 Å². The Balaban J connectivity index is 1.59. The number of amides is 2. The van der Waals surface area contributed by atoms with Gasteiger partial charge in [-0.15, -0.1) is 0 Å². The van der Waals surface area contributed by atoms with Crippen LogP contribution in [-0.2, 0) is 16.4 Å². The van der Waals surface area contributed by atoms with E-state index in [2.05, 4.69) is 26.6 Å². The lowest BCUT2D eigenvalue weighted by molar-refractivity contribution is 0.236. The smallest absolute Gasteiger partial charge is 0.315 e. The molecule has 2 unspecified atom stereocenters. The molecule has 134 valence electrons. The fourth-order valence-corrected chi connectivity index (χ4v) is 5.39. The molecule has 1 aliphatic rings. The molecule has 1 saturated heterocycles. The predicted molar refractivity (Wildman–Crippen MR) is 103 cm³/mol. The molecular formula is C18H21BrN2O3S. The SMILES string of the molecule is CC1CCC(NC(=O)NCc2cc(Br)c3ccccc3c2)CS1(=O)=O. The summed E-state index contributed by atoms with van der Waals surface area (Å²) in [6, 6.07) is 11.4. The van der Waals surface area contributed by atoms with Crippen LogP contribution in [0.15, 0.2) is 40.9 Å². The Morgan fingerprint density at radius 1 is 1.24 bits per heavy atom. The van der Waals surface area contributed by atoms with E-state index in [0.717, 1.165) is 20.8 Å². The van der Waals surface area contributed by atoms with Crippen LogP contribution in [0.25, 0.3) is 10.8 Å². The zero-order chi connectivity index (χ0) is 18.0. The minimum atomic E-state index is -3.10. The molecular weight excluding hydrogens is 404 g/mol. The number of fused-ring (bicyclic) bond motifs is 1. The molecule has 2 N–H and O–H groups in total. The zero-order valence-corrected chi connectivity index (χ0v) is 16.4. The third-order valence-corrected chi connectivity index (χ3v) is 7.61. The molecule has 1 aliphatic heterocycles. The van der Waals surface area contributed by atoms with E-state index >= 15 is 0 Å². The number of benzene rings is 2. The Morgan fingerprint density at radius 2 is 2.00 bits per heavy atom. The molecule has 0 saturated carbocycles. The third kappa shape index (κ3) is 4.33. The maximum Gasteiger partial charge on any atom is 0.315 e. The molecule has 2 atom stereocenters. The standard InChI is InChI=1S/C18H21BrN2O3S/c1-12-6-7-15(11-25(12,23)24)21-18(22)20-10-13-8-14-4-2-3-5-16(14)17(19)9-13/h2-5,8-9,12,15H,6-7,10-11H2,1H3,(H2,20,21,22). The van der Waals surface area contributed by atoms with Crippen LogP contribution in [0.5, 0.6) is 0 Å². The summed E-state index contributed by atoms with van der Waals surface area (Å²) in [5.41, 5.74) is 0.977. The number of rotatable bonds is 3. The number of halogens is 1. The number of carbonyl (C=O) groups is 1. The maximum atomic E-state index is 12.1. The van der Waals surface area contributed by atoms with Crippen LogP contribution in [-0.4, -0.2) is 31.5 Å². The molecule has 0 aromatic heterocycles. The number of sulfone groups is 1. The minimum absolute atomic E-state index is 0.0170. The quantitative estimate of drug-likeness (QED) is 0.792. The molecule has 5 nitrogen and oxygen atoms in total. The number of carbonyl (C=O) groups excluding carboxylic acids is 1. The monoisotopic (exact) mass is 424 g/mol. The molecule has 0 radical (unpaired) electrons. The van der Waals surface area contributed by atoms with Crippen molar-refractivity contribution >= 4 is 42.6 Å². The zero-order valence-electron chi connectivity index (χ0n) is 14.0. The number of urea groups is 1. The van der Waals surface area contributed by atoms with Crippen molar-refractivity contribution in [3.8, 4) is 0 Å². The highest BCUT2D eigenvalue weighted by Gasteiger charge is 2.31. The van der Waals surface area contributed by atoms with Gasteiger partial charge in [0.05, 0.1) is 11.0 Å². The molecule has 0 aliphatic carbocycles. The van der Waals surface area contributed by atoms with E-state index in [9.17, 15) is 13.2 Å². The van der Waals surface area contributed by atoms with Gasteiger partial charge in [0.25, 0.3) is 0 Å². The highest BCUT2D eigenvalue weighted by molar-refractivity contribution is 9.10. The summed E-state index contributed by atoms with van der Waals surface area (Å²) in [6.45, 7) is 2.11. The lowest BCUT2D eigenvalue weighted by atomic mass is 10.1. The average molecular weight is 425 g/mol. The molecule has 7 heteroatoms. The summed E-state index contributed by atoms with van der Waals surface area (Å²) in [7, 11) is -3.10. The van der Waals surface area contributed by atoms with Crippen molar-refractivity contribution in [3.63, 3.8) is 0 Å². The molecule has 2 amide bonds. The van der Waals surface area contributed by atoms with Crippen LogP contribution >= 0.6 is 15.9 Å². The number of hydrogen-bond donors (Lipinski definition) is 2. The molecule has 2 aromatic carbocycles. The Bertz CT molecular complexity index is 898. The van der Waals surface area contributed by atoms with Crippen LogP contribution in [0.3, 0.4) is 0 Å². The van der Waals surface area contributed by atoms with Crippen LogP contribution in [0.4, 0.5) is 4.79 Å². The van der Waals surface area contributed by atoms with Gasteiger partial charge in [-0.2, -0.15) is 0 Å². The van der Waals surface area contributed by atoms with Crippen LogP contribution in [0.2, 0.25) is 0 Å². The van der Waals surface area contributed by atoms with E-state index < -0.39 is 9.84 Å². The van der Waals surface area contributed by atoms with Crippen molar-refractivity contribution in [2.75, 3.05) is 5.75 Å². The lowest BCUT2D eigenvalue weighted by Crippen LogP contribution is -2.48. The first kappa shape index (κ1) is 18.2. The normalized spacial score (nSPS) is 22.5. The van der Waals surface area contributed by atoms with E-state index in [4.69, 9.17) is 0 Å². The first-order valence-corrected chi connectivity index (χ1v) is 10.8. The van der Waals surface area contributed by atoms with Gasteiger partial charge in [0.15, 0.2) is 9.84 Å². The van der Waals surface area contributed by atoms with E-state index in [0.29, 0.717) is 19.4 Å². The van der Waals surface area contributed by atoms with Gasteiger partial charge in [-0.25, -0.2) is 13.2 Å². The largest absolute Gasteiger partial charge is 0.334 e. The first-order chi connectivity index (χ1) is 11.8. The van der Waals surface area contributed by atoms with Gasteiger partial charge >= 0.3 is 6.03 Å². The maximum absolute atomic E-state index is 12.1. The Morgan fingerprint density at radius 3 is 2.76 bits per heavy atom. The highest BCUT2D eigenvalue weighted by Crippen LogP contribution is 2.25. The Kier molecular flexibility index (Phi) is 5.34. The van der Waals surface area contributed by atoms with Crippen molar-refractivity contribution in [1.82, 2.24) is 10.6 Å². The van der Waals surface area contributed by atoms with Crippen LogP contribution < -0.4 is 10.6 Å². The summed E-state index contributed by atoms with van der Waals surface area (Å²) in [5, 5.41) is 7.49. The third-order valence-electron chi connectivity index (χ3n) is 4.63. The van der Waals surface area contributed by atoms with Crippen molar-refractivity contribution in [2.45, 2.75) is 37.6 Å². The summed E-state index contributed by atoms with van der Waals surface area (Å²) >= 11 is 3.56. The van der Waals surface area contributed by atoms with Crippen molar-refractivity contribution in [2.24, 2.45) is 0 Å². The minimum Gasteiger partial charge on any atom is -0.334 e. The molecule has 0 bridgehead atoms. The van der Waals surface area contributed by atoms with Crippen LogP contribution in [0, 0.1) is 0 Å². The molecule has 1 fully saturated rings.